The van der Waals surface area contributed by atoms with Crippen LogP contribution in [0.2, 0.25) is 0 Å². The van der Waals surface area contributed by atoms with Gasteiger partial charge in [-0.2, -0.15) is 23.7 Å². The van der Waals surface area contributed by atoms with Crippen molar-refractivity contribution in [1.82, 2.24) is 4.90 Å². The standard InChI is InChI=1S/C17H20F3N5/c1-24(2)7-4-8-25(3)16-6-5-14(17(18,19)20)9-15(16)23-12-13(10-21)11-22/h5-6,9,12,23H,4,7-8H2,1-3H3. The number of benzene rings is 1. The van der Waals surface area contributed by atoms with Crippen LogP contribution >= 0.6 is 0 Å². The minimum absolute atomic E-state index is 0.185. The molecule has 0 unspecified atom stereocenters. The van der Waals surface area contributed by atoms with Crippen LogP contribution in [0.1, 0.15) is 12.0 Å². The molecule has 0 atom stereocenters. The van der Waals surface area contributed by atoms with Crippen molar-refractivity contribution in [3.8, 4) is 12.1 Å². The van der Waals surface area contributed by atoms with Crippen LogP contribution in [0.25, 0.3) is 0 Å². The number of hydrogen-bond acceptors (Lipinski definition) is 5. The summed E-state index contributed by atoms with van der Waals surface area (Å²) >= 11 is 0. The number of nitrogens with zero attached hydrogens (tertiary/aromatic N) is 4. The van der Waals surface area contributed by atoms with Crippen molar-refractivity contribution in [3.05, 3.63) is 35.5 Å². The number of nitriles is 2. The summed E-state index contributed by atoms with van der Waals surface area (Å²) in [6, 6.07) is 6.69. The molecule has 0 fully saturated rings. The maximum Gasteiger partial charge on any atom is 0.416 e. The molecule has 0 spiro atoms. The van der Waals surface area contributed by atoms with Crippen molar-refractivity contribution in [2.75, 3.05) is 44.4 Å². The highest BCUT2D eigenvalue weighted by molar-refractivity contribution is 5.72. The Morgan fingerprint density at radius 2 is 1.80 bits per heavy atom. The van der Waals surface area contributed by atoms with Gasteiger partial charge < -0.3 is 15.1 Å². The van der Waals surface area contributed by atoms with Crippen molar-refractivity contribution >= 4 is 11.4 Å². The molecule has 1 aromatic rings. The van der Waals surface area contributed by atoms with E-state index in [0.717, 1.165) is 31.3 Å². The molecule has 1 aromatic carbocycles. The van der Waals surface area contributed by atoms with Gasteiger partial charge in [0.1, 0.15) is 17.7 Å². The van der Waals surface area contributed by atoms with Gasteiger partial charge in [-0.1, -0.05) is 0 Å². The lowest BCUT2D eigenvalue weighted by Gasteiger charge is -2.24. The van der Waals surface area contributed by atoms with E-state index in [2.05, 4.69) is 5.32 Å². The molecular weight excluding hydrogens is 331 g/mol. The third kappa shape index (κ3) is 6.36. The zero-order valence-electron chi connectivity index (χ0n) is 14.4. The van der Waals surface area contributed by atoms with Crippen LogP contribution in [0.4, 0.5) is 24.5 Å². The minimum atomic E-state index is -4.48. The van der Waals surface area contributed by atoms with Gasteiger partial charge in [0.25, 0.3) is 0 Å². The third-order valence-electron chi connectivity index (χ3n) is 3.45. The van der Waals surface area contributed by atoms with Crippen molar-refractivity contribution < 1.29 is 13.2 Å². The SMILES string of the molecule is CN(C)CCCN(C)c1ccc(C(F)(F)F)cc1NC=C(C#N)C#N. The summed E-state index contributed by atoms with van der Waals surface area (Å²) in [5.41, 5.74) is -0.286. The molecular formula is C17H20F3N5. The molecule has 0 amide bonds. The van der Waals surface area contributed by atoms with Gasteiger partial charge in [-0.15, -0.1) is 0 Å². The van der Waals surface area contributed by atoms with Gasteiger partial charge in [-0.25, -0.2) is 0 Å². The monoisotopic (exact) mass is 351 g/mol. The molecule has 0 bridgehead atoms. The third-order valence-corrected chi connectivity index (χ3v) is 3.45. The number of anilines is 2. The summed E-state index contributed by atoms with van der Waals surface area (Å²) in [5, 5.41) is 20.2. The van der Waals surface area contributed by atoms with E-state index in [1.165, 1.54) is 6.07 Å². The van der Waals surface area contributed by atoms with E-state index in [1.54, 1.807) is 19.2 Å². The lowest BCUT2D eigenvalue weighted by atomic mass is 10.1. The van der Waals surface area contributed by atoms with E-state index in [-0.39, 0.29) is 11.3 Å². The van der Waals surface area contributed by atoms with Crippen molar-refractivity contribution in [3.63, 3.8) is 0 Å². The quantitative estimate of drug-likeness (QED) is 0.763. The molecule has 0 saturated carbocycles. The molecule has 0 aromatic heterocycles. The molecule has 0 saturated heterocycles. The Hall–Kier alpha value is -2.71. The first-order chi connectivity index (χ1) is 11.7. The smallest absolute Gasteiger partial charge is 0.373 e. The Kier molecular flexibility index (Phi) is 7.28. The van der Waals surface area contributed by atoms with Crippen LogP contribution < -0.4 is 10.2 Å². The summed E-state index contributed by atoms with van der Waals surface area (Å²) in [7, 11) is 5.67. The van der Waals surface area contributed by atoms with Crippen LogP contribution in [-0.2, 0) is 6.18 Å². The average Bonchev–Trinajstić information content (AvgIpc) is 2.54. The zero-order valence-corrected chi connectivity index (χ0v) is 14.4. The molecule has 5 nitrogen and oxygen atoms in total. The molecule has 25 heavy (non-hydrogen) atoms. The van der Waals surface area contributed by atoms with Gasteiger partial charge in [0.05, 0.1) is 16.9 Å². The van der Waals surface area contributed by atoms with Crippen molar-refractivity contribution in [1.29, 1.82) is 10.5 Å². The number of hydrogen-bond donors (Lipinski definition) is 1. The fourth-order valence-electron chi connectivity index (χ4n) is 2.14. The summed E-state index contributed by atoms with van der Waals surface area (Å²) in [4.78, 5) is 3.85. The van der Waals surface area contributed by atoms with E-state index >= 15 is 0 Å². The highest BCUT2D eigenvalue weighted by Crippen LogP contribution is 2.35. The van der Waals surface area contributed by atoms with E-state index in [0.29, 0.717) is 12.2 Å². The largest absolute Gasteiger partial charge is 0.416 e. The molecule has 1 N–H and O–H groups in total. The van der Waals surface area contributed by atoms with E-state index in [9.17, 15) is 13.2 Å². The molecule has 8 heteroatoms. The summed E-state index contributed by atoms with van der Waals surface area (Å²) in [6.45, 7) is 1.49. The van der Waals surface area contributed by atoms with Gasteiger partial charge in [0.15, 0.2) is 0 Å². The maximum absolute atomic E-state index is 13.0. The minimum Gasteiger partial charge on any atom is -0.373 e. The van der Waals surface area contributed by atoms with Crippen molar-refractivity contribution in [2.45, 2.75) is 12.6 Å². The second-order valence-electron chi connectivity index (χ2n) is 5.73. The summed E-state index contributed by atoms with van der Waals surface area (Å²) in [5.74, 6) is 0. The lowest BCUT2D eigenvalue weighted by molar-refractivity contribution is -0.137. The van der Waals surface area contributed by atoms with Gasteiger partial charge in [0, 0.05) is 19.8 Å². The van der Waals surface area contributed by atoms with Gasteiger partial charge in [-0.3, -0.25) is 0 Å². The first-order valence-electron chi connectivity index (χ1n) is 7.53. The first kappa shape index (κ1) is 20.3. The Morgan fingerprint density at radius 3 is 2.32 bits per heavy atom. The number of halogens is 3. The molecule has 1 rings (SSSR count). The molecule has 0 radical (unpaired) electrons. The van der Waals surface area contributed by atoms with Gasteiger partial charge >= 0.3 is 6.18 Å². The van der Waals surface area contributed by atoms with E-state index in [1.807, 2.05) is 23.9 Å². The van der Waals surface area contributed by atoms with E-state index < -0.39 is 11.7 Å². The van der Waals surface area contributed by atoms with Crippen LogP contribution in [0.15, 0.2) is 30.0 Å². The molecule has 0 aliphatic heterocycles. The Morgan fingerprint density at radius 1 is 1.16 bits per heavy atom. The molecule has 0 heterocycles. The summed E-state index contributed by atoms with van der Waals surface area (Å²) < 4.78 is 38.9. The van der Waals surface area contributed by atoms with E-state index in [4.69, 9.17) is 10.5 Å². The van der Waals surface area contributed by atoms with Crippen LogP contribution in [0.3, 0.4) is 0 Å². The predicted molar refractivity (Wildman–Crippen MR) is 90.8 cm³/mol. The number of nitrogens with one attached hydrogen (secondary N) is 1. The van der Waals surface area contributed by atoms with Gasteiger partial charge in [-0.05, 0) is 45.3 Å². The summed E-state index contributed by atoms with van der Waals surface area (Å²) in [6.07, 6.45) is -2.54. The number of rotatable bonds is 7. The topological polar surface area (TPSA) is 66.1 Å². The number of allylic oxidation sites excluding steroid dienone is 1. The average molecular weight is 351 g/mol. The van der Waals surface area contributed by atoms with Crippen LogP contribution in [-0.4, -0.2) is 39.1 Å². The highest BCUT2D eigenvalue weighted by atomic mass is 19.4. The first-order valence-corrected chi connectivity index (χ1v) is 7.53. The Balaban J connectivity index is 3.12. The predicted octanol–water partition coefficient (Wildman–Crippen LogP) is 3.44. The molecule has 134 valence electrons. The van der Waals surface area contributed by atoms with Gasteiger partial charge in [0.2, 0.25) is 0 Å². The normalized spacial score (nSPS) is 10.8. The number of alkyl halides is 3. The van der Waals surface area contributed by atoms with Crippen LogP contribution in [0, 0.1) is 22.7 Å². The fourth-order valence-corrected chi connectivity index (χ4v) is 2.14. The van der Waals surface area contributed by atoms with Crippen LogP contribution in [0.5, 0.6) is 0 Å². The zero-order chi connectivity index (χ0) is 19.0. The van der Waals surface area contributed by atoms with Crippen molar-refractivity contribution in [2.24, 2.45) is 0 Å². The fraction of sp³-hybridized carbons (Fsp3) is 0.412. The second-order valence-corrected chi connectivity index (χ2v) is 5.73. The molecule has 0 aliphatic carbocycles. The molecule has 0 aliphatic rings. The highest BCUT2D eigenvalue weighted by Gasteiger charge is 2.31. The lowest BCUT2D eigenvalue weighted by Crippen LogP contribution is -2.24. The second kappa shape index (κ2) is 8.95. The Bertz CT molecular complexity index is 680. The maximum atomic E-state index is 13.0. The Labute approximate surface area is 145 Å².